The largest absolute Gasteiger partial charge is 0.467 e. The standard InChI is InChI=1S/C11H19N7O/c1-19-11-15-9(14-10(16-11)17-12)13-7-4-6-18-5-2-3-8(7)18/h7-8H,2-6,12H2,1H3,(H2,13,14,15,16,17). The molecule has 0 saturated carbocycles. The number of hydrazine groups is 1. The number of hydrogen-bond acceptors (Lipinski definition) is 8. The lowest BCUT2D eigenvalue weighted by Gasteiger charge is -2.21. The molecule has 2 atom stereocenters. The predicted molar refractivity (Wildman–Crippen MR) is 70.8 cm³/mol. The minimum Gasteiger partial charge on any atom is -0.467 e. The van der Waals surface area contributed by atoms with Gasteiger partial charge in [-0.3, -0.25) is 10.3 Å². The number of ether oxygens (including phenoxy) is 1. The van der Waals surface area contributed by atoms with Crippen molar-refractivity contribution in [3.8, 4) is 6.01 Å². The summed E-state index contributed by atoms with van der Waals surface area (Å²) in [5.74, 6) is 6.16. The van der Waals surface area contributed by atoms with Crippen molar-refractivity contribution in [2.24, 2.45) is 5.84 Å². The zero-order valence-electron chi connectivity index (χ0n) is 11.0. The van der Waals surface area contributed by atoms with Crippen molar-refractivity contribution in [2.45, 2.75) is 31.3 Å². The summed E-state index contributed by atoms with van der Waals surface area (Å²) in [5, 5.41) is 3.38. The molecule has 8 nitrogen and oxygen atoms in total. The van der Waals surface area contributed by atoms with E-state index >= 15 is 0 Å². The first-order chi connectivity index (χ1) is 9.30. The van der Waals surface area contributed by atoms with E-state index in [1.54, 1.807) is 0 Å². The lowest BCUT2D eigenvalue weighted by Crippen LogP contribution is -2.34. The lowest BCUT2D eigenvalue weighted by molar-refractivity contribution is 0.318. The Morgan fingerprint density at radius 1 is 1.21 bits per heavy atom. The second-order valence-corrected chi connectivity index (χ2v) is 4.90. The van der Waals surface area contributed by atoms with Gasteiger partial charge in [-0.2, -0.15) is 15.0 Å². The molecule has 3 heterocycles. The number of aromatic nitrogens is 3. The molecule has 2 aliphatic heterocycles. The smallest absolute Gasteiger partial charge is 0.322 e. The molecule has 0 aliphatic carbocycles. The molecule has 2 fully saturated rings. The van der Waals surface area contributed by atoms with E-state index in [-0.39, 0.29) is 6.01 Å². The quantitative estimate of drug-likeness (QED) is 0.509. The number of nitrogens with two attached hydrogens (primary N) is 1. The minimum atomic E-state index is 0.256. The average Bonchev–Trinajstić information content (AvgIpc) is 3.03. The molecule has 0 aromatic carbocycles. The van der Waals surface area contributed by atoms with Gasteiger partial charge in [-0.15, -0.1) is 0 Å². The first-order valence-electron chi connectivity index (χ1n) is 6.57. The normalized spacial score (nSPS) is 26.2. The van der Waals surface area contributed by atoms with Crippen molar-refractivity contribution in [1.29, 1.82) is 0 Å². The Morgan fingerprint density at radius 3 is 2.84 bits per heavy atom. The van der Waals surface area contributed by atoms with Crippen LogP contribution in [-0.4, -0.2) is 52.1 Å². The van der Waals surface area contributed by atoms with E-state index in [0.717, 1.165) is 13.0 Å². The van der Waals surface area contributed by atoms with Gasteiger partial charge in [-0.05, 0) is 25.8 Å². The maximum absolute atomic E-state index is 5.34. The fraction of sp³-hybridized carbons (Fsp3) is 0.727. The van der Waals surface area contributed by atoms with Gasteiger partial charge in [0.15, 0.2) is 0 Å². The van der Waals surface area contributed by atoms with Crippen LogP contribution in [0.5, 0.6) is 6.01 Å². The van der Waals surface area contributed by atoms with Crippen LogP contribution in [0.25, 0.3) is 0 Å². The van der Waals surface area contributed by atoms with Crippen molar-refractivity contribution in [3.05, 3.63) is 0 Å². The van der Waals surface area contributed by atoms with Gasteiger partial charge in [-0.25, -0.2) is 5.84 Å². The Morgan fingerprint density at radius 2 is 2.05 bits per heavy atom. The van der Waals surface area contributed by atoms with E-state index in [0.29, 0.717) is 24.0 Å². The SMILES string of the molecule is COc1nc(NN)nc(NC2CCN3CCCC23)n1. The Balaban J connectivity index is 1.75. The van der Waals surface area contributed by atoms with Crippen LogP contribution in [-0.2, 0) is 0 Å². The zero-order valence-corrected chi connectivity index (χ0v) is 11.0. The van der Waals surface area contributed by atoms with Gasteiger partial charge in [0.2, 0.25) is 11.9 Å². The number of nitrogens with zero attached hydrogens (tertiary/aromatic N) is 4. The summed E-state index contributed by atoms with van der Waals surface area (Å²) >= 11 is 0. The first-order valence-corrected chi connectivity index (χ1v) is 6.57. The molecule has 104 valence electrons. The monoisotopic (exact) mass is 265 g/mol. The number of fused-ring (bicyclic) bond motifs is 1. The fourth-order valence-electron chi connectivity index (χ4n) is 2.99. The highest BCUT2D eigenvalue weighted by molar-refractivity contribution is 5.36. The van der Waals surface area contributed by atoms with Crippen LogP contribution in [0, 0.1) is 0 Å². The Labute approximate surface area is 111 Å². The fourth-order valence-corrected chi connectivity index (χ4v) is 2.99. The molecule has 2 aliphatic rings. The van der Waals surface area contributed by atoms with Gasteiger partial charge in [0.05, 0.1) is 7.11 Å². The van der Waals surface area contributed by atoms with Crippen molar-refractivity contribution >= 4 is 11.9 Å². The number of methoxy groups -OCH3 is 1. The first kappa shape index (κ1) is 12.4. The average molecular weight is 265 g/mol. The molecule has 8 heteroatoms. The molecule has 19 heavy (non-hydrogen) atoms. The van der Waals surface area contributed by atoms with Crippen molar-refractivity contribution in [2.75, 3.05) is 30.9 Å². The molecule has 2 saturated heterocycles. The molecular weight excluding hydrogens is 246 g/mol. The van der Waals surface area contributed by atoms with Crippen LogP contribution in [0.15, 0.2) is 0 Å². The molecule has 0 bridgehead atoms. The van der Waals surface area contributed by atoms with Gasteiger partial charge >= 0.3 is 6.01 Å². The van der Waals surface area contributed by atoms with E-state index in [2.05, 4.69) is 30.6 Å². The van der Waals surface area contributed by atoms with Gasteiger partial charge in [0.25, 0.3) is 0 Å². The highest BCUT2D eigenvalue weighted by Gasteiger charge is 2.37. The van der Waals surface area contributed by atoms with Crippen molar-refractivity contribution < 1.29 is 4.74 Å². The number of hydrogen-bond donors (Lipinski definition) is 3. The summed E-state index contributed by atoms with van der Waals surface area (Å²) in [5.41, 5.74) is 2.42. The Hall–Kier alpha value is -1.67. The molecule has 4 N–H and O–H groups in total. The Bertz CT molecular complexity index is 432. The van der Waals surface area contributed by atoms with E-state index in [1.165, 1.54) is 26.5 Å². The molecule has 1 aromatic rings. The minimum absolute atomic E-state index is 0.256. The second kappa shape index (κ2) is 5.14. The summed E-state index contributed by atoms with van der Waals surface area (Å²) in [7, 11) is 1.52. The summed E-state index contributed by atoms with van der Waals surface area (Å²) in [4.78, 5) is 14.9. The van der Waals surface area contributed by atoms with Gasteiger partial charge in [-0.1, -0.05) is 0 Å². The molecule has 0 amide bonds. The van der Waals surface area contributed by atoms with Crippen LogP contribution in [0.4, 0.5) is 11.9 Å². The topological polar surface area (TPSA) is 101 Å². The van der Waals surface area contributed by atoms with Crippen LogP contribution < -0.4 is 21.3 Å². The third-order valence-corrected chi connectivity index (χ3v) is 3.85. The maximum Gasteiger partial charge on any atom is 0.322 e. The summed E-state index contributed by atoms with van der Waals surface area (Å²) < 4.78 is 5.04. The number of anilines is 2. The lowest BCUT2D eigenvalue weighted by atomic mass is 10.1. The van der Waals surface area contributed by atoms with E-state index in [4.69, 9.17) is 10.6 Å². The molecule has 1 aromatic heterocycles. The number of nitrogen functional groups attached to an aromatic ring is 1. The zero-order chi connectivity index (χ0) is 13.2. The maximum atomic E-state index is 5.34. The second-order valence-electron chi connectivity index (χ2n) is 4.90. The Kier molecular flexibility index (Phi) is 3.34. The summed E-state index contributed by atoms with van der Waals surface area (Å²) in [6, 6.07) is 1.24. The van der Waals surface area contributed by atoms with Crippen molar-refractivity contribution in [1.82, 2.24) is 19.9 Å². The number of rotatable bonds is 4. The van der Waals surface area contributed by atoms with Crippen molar-refractivity contribution in [3.63, 3.8) is 0 Å². The van der Waals surface area contributed by atoms with Gasteiger partial charge < -0.3 is 10.1 Å². The molecule has 3 rings (SSSR count). The van der Waals surface area contributed by atoms with Gasteiger partial charge in [0.1, 0.15) is 0 Å². The van der Waals surface area contributed by atoms with Crippen LogP contribution in [0.2, 0.25) is 0 Å². The van der Waals surface area contributed by atoms with E-state index < -0.39 is 0 Å². The summed E-state index contributed by atoms with van der Waals surface area (Å²) in [6.07, 6.45) is 3.63. The third kappa shape index (κ3) is 2.41. The highest BCUT2D eigenvalue weighted by Crippen LogP contribution is 2.29. The van der Waals surface area contributed by atoms with E-state index in [1.807, 2.05) is 0 Å². The predicted octanol–water partition coefficient (Wildman–Crippen LogP) is -0.186. The van der Waals surface area contributed by atoms with Crippen LogP contribution in [0.1, 0.15) is 19.3 Å². The highest BCUT2D eigenvalue weighted by atomic mass is 16.5. The van der Waals surface area contributed by atoms with Gasteiger partial charge in [0, 0.05) is 18.6 Å². The molecular formula is C11H19N7O. The third-order valence-electron chi connectivity index (χ3n) is 3.85. The molecule has 0 radical (unpaired) electrons. The number of nitrogens with one attached hydrogen (secondary N) is 2. The summed E-state index contributed by atoms with van der Waals surface area (Å²) in [6.45, 7) is 2.35. The van der Waals surface area contributed by atoms with Crippen LogP contribution in [0.3, 0.4) is 0 Å². The molecule has 0 spiro atoms. The van der Waals surface area contributed by atoms with Crippen LogP contribution >= 0.6 is 0 Å². The molecule has 2 unspecified atom stereocenters. The van der Waals surface area contributed by atoms with E-state index in [9.17, 15) is 0 Å².